The predicted molar refractivity (Wildman–Crippen MR) is 102 cm³/mol. The van der Waals surface area contributed by atoms with Crippen molar-refractivity contribution in [3.63, 3.8) is 0 Å². The van der Waals surface area contributed by atoms with Crippen LogP contribution in [0, 0.1) is 17.5 Å². The van der Waals surface area contributed by atoms with Crippen molar-refractivity contribution in [3.05, 3.63) is 59.4 Å². The van der Waals surface area contributed by atoms with Gasteiger partial charge in [0, 0.05) is 17.5 Å². The monoisotopic (exact) mass is 386 g/mol. The Hall–Kier alpha value is -2.31. The number of likely N-dealkylation sites (N-methyl/N-ethyl adjacent to an activating group) is 1. The second-order valence-corrected chi connectivity index (χ2v) is 7.91. The largest absolute Gasteiger partial charge is 0.378 e. The number of nitrogens with one attached hydrogen (secondary N) is 1. The molecule has 0 bridgehead atoms. The fourth-order valence-electron chi connectivity index (χ4n) is 4.42. The van der Waals surface area contributed by atoms with E-state index >= 15 is 0 Å². The number of halogens is 3. The molecular formula is C22H21F3N2O. The van der Waals surface area contributed by atoms with Crippen LogP contribution in [-0.4, -0.2) is 42.2 Å². The van der Waals surface area contributed by atoms with Crippen molar-refractivity contribution in [2.75, 3.05) is 20.3 Å². The van der Waals surface area contributed by atoms with Crippen molar-refractivity contribution in [1.82, 2.24) is 9.88 Å². The normalized spacial score (nSPS) is 22.5. The van der Waals surface area contributed by atoms with Gasteiger partial charge < -0.3 is 9.72 Å². The van der Waals surface area contributed by atoms with Crippen molar-refractivity contribution in [2.45, 2.75) is 30.8 Å². The van der Waals surface area contributed by atoms with Crippen LogP contribution >= 0.6 is 0 Å². The number of rotatable bonds is 4. The molecular weight excluding hydrogens is 365 g/mol. The minimum Gasteiger partial charge on any atom is -0.378 e. The maximum absolute atomic E-state index is 14.4. The lowest BCUT2D eigenvalue weighted by Crippen LogP contribution is -2.54. The second-order valence-electron chi connectivity index (χ2n) is 7.91. The molecule has 0 atom stereocenters. The van der Waals surface area contributed by atoms with Gasteiger partial charge in [0.25, 0.3) is 0 Å². The highest BCUT2D eigenvalue weighted by atomic mass is 19.1. The smallest absolute Gasteiger partial charge is 0.150 e. The summed E-state index contributed by atoms with van der Waals surface area (Å²) in [4.78, 5) is 5.49. The average molecular weight is 386 g/mol. The maximum Gasteiger partial charge on any atom is 0.150 e. The van der Waals surface area contributed by atoms with Gasteiger partial charge >= 0.3 is 0 Å². The van der Waals surface area contributed by atoms with E-state index in [1.807, 2.05) is 0 Å². The fourth-order valence-corrected chi connectivity index (χ4v) is 4.42. The number of benzene rings is 2. The number of hydrogen-bond donors (Lipinski definition) is 1. The van der Waals surface area contributed by atoms with Gasteiger partial charge in [0.05, 0.1) is 30.5 Å². The molecule has 3 aromatic rings. The topological polar surface area (TPSA) is 28.3 Å². The summed E-state index contributed by atoms with van der Waals surface area (Å²) in [5.41, 5.74) is 2.75. The van der Waals surface area contributed by atoms with Gasteiger partial charge in [0.2, 0.25) is 0 Å². The zero-order chi connectivity index (χ0) is 19.4. The molecule has 0 spiro atoms. The van der Waals surface area contributed by atoms with Gasteiger partial charge in [0.1, 0.15) is 17.5 Å². The third-order valence-corrected chi connectivity index (χ3v) is 6.29. The lowest BCUT2D eigenvalue weighted by Gasteiger charge is -2.47. The van der Waals surface area contributed by atoms with E-state index < -0.39 is 11.6 Å². The van der Waals surface area contributed by atoms with E-state index in [9.17, 15) is 13.2 Å². The first-order chi connectivity index (χ1) is 13.5. The van der Waals surface area contributed by atoms with Crippen molar-refractivity contribution < 1.29 is 17.9 Å². The van der Waals surface area contributed by atoms with Crippen molar-refractivity contribution in [1.29, 1.82) is 0 Å². The summed E-state index contributed by atoms with van der Waals surface area (Å²) in [6, 6.07) is 9.30. The Kier molecular flexibility index (Phi) is 4.21. The highest BCUT2D eigenvalue weighted by molar-refractivity contribution is 5.92. The Morgan fingerprint density at radius 2 is 1.68 bits per heavy atom. The Morgan fingerprint density at radius 3 is 2.32 bits per heavy atom. The van der Waals surface area contributed by atoms with Crippen LogP contribution in [0.1, 0.15) is 24.3 Å². The highest BCUT2D eigenvalue weighted by Crippen LogP contribution is 2.47. The van der Waals surface area contributed by atoms with Gasteiger partial charge in [-0.1, -0.05) is 0 Å². The first-order valence-corrected chi connectivity index (χ1v) is 9.57. The minimum absolute atomic E-state index is 0.198. The van der Waals surface area contributed by atoms with Gasteiger partial charge in [-0.05, 0) is 67.3 Å². The summed E-state index contributed by atoms with van der Waals surface area (Å²) in [5, 5.41) is 0.579. The van der Waals surface area contributed by atoms with E-state index in [1.165, 1.54) is 18.2 Å². The number of nitrogens with zero attached hydrogens (tertiary/aromatic N) is 1. The van der Waals surface area contributed by atoms with E-state index in [4.69, 9.17) is 4.74 Å². The van der Waals surface area contributed by atoms with Crippen LogP contribution < -0.4 is 0 Å². The number of fused-ring (bicyclic) bond motifs is 1. The molecule has 28 heavy (non-hydrogen) atoms. The quantitative estimate of drug-likeness (QED) is 0.696. The predicted octanol–water partition coefficient (Wildman–Crippen LogP) is 4.83. The molecule has 1 aromatic heterocycles. The molecule has 5 rings (SSSR count). The number of aromatic amines is 1. The zero-order valence-electron chi connectivity index (χ0n) is 15.5. The molecule has 0 radical (unpaired) electrons. The molecule has 1 aliphatic carbocycles. The lowest BCUT2D eigenvalue weighted by molar-refractivity contribution is -0.0817. The Morgan fingerprint density at radius 1 is 0.964 bits per heavy atom. The van der Waals surface area contributed by atoms with Crippen LogP contribution in [-0.2, 0) is 4.74 Å². The zero-order valence-corrected chi connectivity index (χ0v) is 15.5. The molecule has 146 valence electrons. The standard InChI is InChI=1S/C22H21F3N2O/c1-27(17-10-28-11-17)16-6-13(7-16)20-18-8-15(24)9-19(25)22(18)26-21(20)12-2-4-14(23)5-3-12/h2-5,8-9,13,16-17,26H,6-7,10-11H2,1H3. The van der Waals surface area contributed by atoms with Gasteiger partial charge in [0.15, 0.2) is 0 Å². The molecule has 2 fully saturated rings. The minimum atomic E-state index is -0.607. The number of hydrogen-bond acceptors (Lipinski definition) is 2. The Labute approximate surface area is 161 Å². The van der Waals surface area contributed by atoms with E-state index in [2.05, 4.69) is 16.9 Å². The van der Waals surface area contributed by atoms with E-state index in [1.54, 1.807) is 12.1 Å². The number of H-pyrrole nitrogens is 1. The van der Waals surface area contributed by atoms with Crippen LogP contribution in [0.25, 0.3) is 22.2 Å². The summed E-state index contributed by atoms with van der Waals surface area (Å²) in [6.45, 7) is 1.53. The Balaban J connectivity index is 1.54. The van der Waals surface area contributed by atoms with Gasteiger partial charge in [-0.3, -0.25) is 4.90 Å². The first kappa shape index (κ1) is 17.8. The fraction of sp³-hybridized carbons (Fsp3) is 0.364. The van der Waals surface area contributed by atoms with Gasteiger partial charge in [-0.25, -0.2) is 13.2 Å². The molecule has 2 aliphatic rings. The summed E-state index contributed by atoms with van der Waals surface area (Å²) in [6.07, 6.45) is 1.85. The first-order valence-electron chi connectivity index (χ1n) is 9.57. The number of ether oxygens (including phenoxy) is 1. The third kappa shape index (κ3) is 2.83. The van der Waals surface area contributed by atoms with Crippen LogP contribution in [0.15, 0.2) is 36.4 Å². The summed E-state index contributed by atoms with van der Waals surface area (Å²) in [7, 11) is 2.11. The van der Waals surface area contributed by atoms with E-state index in [0.717, 1.165) is 48.9 Å². The lowest BCUT2D eigenvalue weighted by atomic mass is 9.73. The molecule has 2 heterocycles. The average Bonchev–Trinajstić information content (AvgIpc) is 2.92. The summed E-state index contributed by atoms with van der Waals surface area (Å²) >= 11 is 0. The maximum atomic E-state index is 14.4. The van der Waals surface area contributed by atoms with E-state index in [-0.39, 0.29) is 11.7 Å². The molecule has 1 N–H and O–H groups in total. The summed E-state index contributed by atoms with van der Waals surface area (Å²) < 4.78 is 47.0. The second kappa shape index (κ2) is 6.64. The van der Waals surface area contributed by atoms with Crippen molar-refractivity contribution in [3.8, 4) is 11.3 Å². The molecule has 0 amide bonds. The molecule has 1 aliphatic heterocycles. The molecule has 1 saturated carbocycles. The molecule has 6 heteroatoms. The molecule has 0 unspecified atom stereocenters. The van der Waals surface area contributed by atoms with Gasteiger partial charge in [-0.2, -0.15) is 0 Å². The highest BCUT2D eigenvalue weighted by Gasteiger charge is 2.40. The SMILES string of the molecule is CN(C1COC1)C1CC(c2c(-c3ccc(F)cc3)[nH]c3c(F)cc(F)cc23)C1. The third-order valence-electron chi connectivity index (χ3n) is 6.29. The van der Waals surface area contributed by atoms with Crippen molar-refractivity contribution in [2.24, 2.45) is 0 Å². The number of aromatic nitrogens is 1. The summed E-state index contributed by atoms with van der Waals surface area (Å²) in [5.74, 6) is -1.32. The molecule has 2 aromatic carbocycles. The Bertz CT molecular complexity index is 1020. The van der Waals surface area contributed by atoms with E-state index in [0.29, 0.717) is 23.0 Å². The molecule has 3 nitrogen and oxygen atoms in total. The van der Waals surface area contributed by atoms with Gasteiger partial charge in [-0.15, -0.1) is 0 Å². The van der Waals surface area contributed by atoms with Crippen LogP contribution in [0.5, 0.6) is 0 Å². The van der Waals surface area contributed by atoms with Crippen LogP contribution in [0.2, 0.25) is 0 Å². The van der Waals surface area contributed by atoms with Crippen LogP contribution in [0.4, 0.5) is 13.2 Å². The molecule has 1 saturated heterocycles. The van der Waals surface area contributed by atoms with Crippen LogP contribution in [0.3, 0.4) is 0 Å². The van der Waals surface area contributed by atoms with Crippen molar-refractivity contribution >= 4 is 10.9 Å².